The van der Waals surface area contributed by atoms with Gasteiger partial charge in [-0.05, 0) is 77.4 Å². The molecule has 4 rings (SSSR count). The van der Waals surface area contributed by atoms with Crippen LogP contribution < -0.4 is 11.1 Å². The van der Waals surface area contributed by atoms with Crippen molar-refractivity contribution >= 4 is 0 Å². The van der Waals surface area contributed by atoms with E-state index in [2.05, 4.69) is 28.0 Å². The summed E-state index contributed by atoms with van der Waals surface area (Å²) < 4.78 is 2.32. The zero-order chi connectivity index (χ0) is 18.6. The minimum absolute atomic E-state index is 0.0454. The molecule has 0 radical (unpaired) electrons. The van der Waals surface area contributed by atoms with Gasteiger partial charge in [0.1, 0.15) is 5.82 Å². The average Bonchev–Trinajstić information content (AvgIpc) is 3.11. The average molecular weight is 374 g/mol. The highest BCUT2D eigenvalue weighted by Crippen LogP contribution is 2.36. The van der Waals surface area contributed by atoms with E-state index in [-0.39, 0.29) is 6.04 Å². The lowest BCUT2D eigenvalue weighted by Crippen LogP contribution is -2.41. The number of likely N-dealkylation sites (tertiary alicyclic amines) is 1. The summed E-state index contributed by atoms with van der Waals surface area (Å²) in [5.74, 6) is 1.74. The molecular formula is C22H39N5. The summed E-state index contributed by atoms with van der Waals surface area (Å²) >= 11 is 0. The number of hydrogen-bond donors (Lipinski definition) is 2. The molecule has 3 aliphatic rings. The largest absolute Gasteiger partial charge is 0.334 e. The molecule has 2 aliphatic heterocycles. The van der Waals surface area contributed by atoms with Crippen LogP contribution >= 0.6 is 0 Å². The third-order valence-corrected chi connectivity index (χ3v) is 7.36. The van der Waals surface area contributed by atoms with E-state index in [0.717, 1.165) is 24.8 Å². The van der Waals surface area contributed by atoms with Crippen LogP contribution in [0.25, 0.3) is 0 Å². The van der Waals surface area contributed by atoms with Crippen molar-refractivity contribution in [2.45, 2.75) is 94.7 Å². The number of rotatable bonds is 5. The van der Waals surface area contributed by atoms with Crippen LogP contribution in [0.5, 0.6) is 0 Å². The molecule has 2 atom stereocenters. The Labute approximate surface area is 165 Å². The highest BCUT2D eigenvalue weighted by atomic mass is 15.2. The highest BCUT2D eigenvalue weighted by molar-refractivity contribution is 5.14. The van der Waals surface area contributed by atoms with Crippen molar-refractivity contribution in [2.75, 3.05) is 19.6 Å². The van der Waals surface area contributed by atoms with E-state index >= 15 is 0 Å². The van der Waals surface area contributed by atoms with Crippen molar-refractivity contribution in [3.8, 4) is 0 Å². The number of hydrogen-bond acceptors (Lipinski definition) is 4. The van der Waals surface area contributed by atoms with Gasteiger partial charge in [0.25, 0.3) is 0 Å². The number of nitrogens with zero attached hydrogens (tertiary/aromatic N) is 3. The Balaban J connectivity index is 1.33. The molecule has 3 N–H and O–H groups in total. The molecule has 27 heavy (non-hydrogen) atoms. The zero-order valence-corrected chi connectivity index (χ0v) is 17.2. The lowest BCUT2D eigenvalue weighted by molar-refractivity contribution is 0.124. The summed E-state index contributed by atoms with van der Waals surface area (Å²) in [6.07, 6.45) is 16.6. The van der Waals surface area contributed by atoms with Gasteiger partial charge in [0, 0.05) is 36.9 Å². The summed E-state index contributed by atoms with van der Waals surface area (Å²) in [6, 6.07) is 1.44. The molecule has 0 spiro atoms. The molecule has 2 saturated heterocycles. The van der Waals surface area contributed by atoms with Gasteiger partial charge < -0.3 is 20.5 Å². The predicted octanol–water partition coefficient (Wildman–Crippen LogP) is 3.46. The molecule has 3 heterocycles. The van der Waals surface area contributed by atoms with Gasteiger partial charge in [-0.25, -0.2) is 4.98 Å². The molecule has 0 aromatic carbocycles. The van der Waals surface area contributed by atoms with Gasteiger partial charge in [0.05, 0.1) is 6.04 Å². The van der Waals surface area contributed by atoms with Crippen LogP contribution in [0.2, 0.25) is 0 Å². The van der Waals surface area contributed by atoms with Crippen LogP contribution in [0.1, 0.15) is 94.1 Å². The Morgan fingerprint density at radius 3 is 2.56 bits per heavy atom. The number of piperidine rings is 2. The second-order valence-electron chi connectivity index (χ2n) is 9.19. The topological polar surface area (TPSA) is 59.1 Å². The van der Waals surface area contributed by atoms with E-state index in [1.54, 1.807) is 0 Å². The molecule has 1 aromatic rings. The van der Waals surface area contributed by atoms with Gasteiger partial charge in [0.15, 0.2) is 0 Å². The summed E-state index contributed by atoms with van der Waals surface area (Å²) in [5, 5.41) is 3.62. The first-order valence-corrected chi connectivity index (χ1v) is 11.5. The van der Waals surface area contributed by atoms with Crippen LogP contribution in [-0.4, -0.2) is 46.2 Å². The lowest BCUT2D eigenvalue weighted by atomic mass is 9.83. The Kier molecular flexibility index (Phi) is 6.51. The van der Waals surface area contributed by atoms with Gasteiger partial charge in [-0.15, -0.1) is 0 Å². The SMILES string of the molecule is Cn1c(C2CCC(N3CCCCC3)CC2)cnc1[C@@H](N)CC1CCCCN1. The van der Waals surface area contributed by atoms with Gasteiger partial charge >= 0.3 is 0 Å². The van der Waals surface area contributed by atoms with E-state index in [4.69, 9.17) is 10.7 Å². The third kappa shape index (κ3) is 4.57. The predicted molar refractivity (Wildman–Crippen MR) is 111 cm³/mol. The second-order valence-corrected chi connectivity index (χ2v) is 9.19. The molecular weight excluding hydrogens is 334 g/mol. The van der Waals surface area contributed by atoms with E-state index in [1.807, 2.05) is 0 Å². The maximum absolute atomic E-state index is 6.56. The molecule has 5 heteroatoms. The van der Waals surface area contributed by atoms with Crippen molar-refractivity contribution < 1.29 is 0 Å². The van der Waals surface area contributed by atoms with Crippen molar-refractivity contribution in [1.82, 2.24) is 19.8 Å². The van der Waals surface area contributed by atoms with Gasteiger partial charge in [-0.3, -0.25) is 0 Å². The maximum Gasteiger partial charge on any atom is 0.125 e. The zero-order valence-electron chi connectivity index (χ0n) is 17.2. The van der Waals surface area contributed by atoms with E-state index in [9.17, 15) is 0 Å². The molecule has 0 amide bonds. The summed E-state index contributed by atoms with van der Waals surface area (Å²) in [6.45, 7) is 3.80. The highest BCUT2D eigenvalue weighted by Gasteiger charge is 2.29. The smallest absolute Gasteiger partial charge is 0.125 e. The molecule has 1 aromatic heterocycles. The van der Waals surface area contributed by atoms with Crippen molar-refractivity contribution in [1.29, 1.82) is 0 Å². The summed E-state index contributed by atoms with van der Waals surface area (Å²) in [5.41, 5.74) is 7.97. The van der Waals surface area contributed by atoms with Crippen molar-refractivity contribution in [2.24, 2.45) is 12.8 Å². The molecule has 5 nitrogen and oxygen atoms in total. The van der Waals surface area contributed by atoms with Gasteiger partial charge in [-0.1, -0.05) is 12.8 Å². The Bertz CT molecular complexity index is 578. The monoisotopic (exact) mass is 373 g/mol. The van der Waals surface area contributed by atoms with Crippen LogP contribution in [0.15, 0.2) is 6.20 Å². The van der Waals surface area contributed by atoms with Crippen molar-refractivity contribution in [3.63, 3.8) is 0 Å². The normalized spacial score (nSPS) is 31.7. The Hall–Kier alpha value is -0.910. The standard InChI is InChI=1S/C22H39N5/c1-26-21(16-25-22(26)20(23)15-18-7-3-4-12-24-18)17-8-10-19(11-9-17)27-13-5-2-6-14-27/h16-20,24H,2-15,23H2,1H3/t17?,18?,19?,20-/m0/s1. The first-order valence-electron chi connectivity index (χ1n) is 11.5. The minimum Gasteiger partial charge on any atom is -0.334 e. The fourth-order valence-electron chi connectivity index (χ4n) is 5.72. The molecule has 1 unspecified atom stereocenters. The number of nitrogens with one attached hydrogen (secondary N) is 1. The third-order valence-electron chi connectivity index (χ3n) is 7.36. The first-order chi connectivity index (χ1) is 13.2. The molecule has 1 saturated carbocycles. The number of imidazole rings is 1. The summed E-state index contributed by atoms with van der Waals surface area (Å²) in [7, 11) is 2.18. The van der Waals surface area contributed by atoms with E-state index < -0.39 is 0 Å². The molecule has 0 bridgehead atoms. The number of nitrogens with two attached hydrogens (primary N) is 1. The van der Waals surface area contributed by atoms with Gasteiger partial charge in [0.2, 0.25) is 0 Å². The molecule has 1 aliphatic carbocycles. The first kappa shape index (κ1) is 19.4. The second kappa shape index (κ2) is 9.06. The van der Waals surface area contributed by atoms with Crippen LogP contribution in [0.3, 0.4) is 0 Å². The summed E-state index contributed by atoms with van der Waals surface area (Å²) in [4.78, 5) is 7.53. The Morgan fingerprint density at radius 2 is 1.85 bits per heavy atom. The van der Waals surface area contributed by atoms with E-state index in [1.165, 1.54) is 83.0 Å². The molecule has 152 valence electrons. The van der Waals surface area contributed by atoms with Crippen LogP contribution in [0, 0.1) is 0 Å². The molecule has 3 fully saturated rings. The van der Waals surface area contributed by atoms with Crippen LogP contribution in [-0.2, 0) is 7.05 Å². The van der Waals surface area contributed by atoms with Crippen molar-refractivity contribution in [3.05, 3.63) is 17.7 Å². The maximum atomic E-state index is 6.56. The van der Waals surface area contributed by atoms with Gasteiger partial charge in [-0.2, -0.15) is 0 Å². The minimum atomic E-state index is 0.0454. The number of aromatic nitrogens is 2. The van der Waals surface area contributed by atoms with Crippen LogP contribution in [0.4, 0.5) is 0 Å². The fraction of sp³-hybridized carbons (Fsp3) is 0.864. The lowest BCUT2D eigenvalue weighted by Gasteiger charge is -2.39. The quantitative estimate of drug-likeness (QED) is 0.830. The van der Waals surface area contributed by atoms with E-state index in [0.29, 0.717) is 12.0 Å². The Morgan fingerprint density at radius 1 is 1.07 bits per heavy atom. The fourth-order valence-corrected chi connectivity index (χ4v) is 5.72.